The summed E-state index contributed by atoms with van der Waals surface area (Å²) in [5.74, 6) is 0. The number of ether oxygens (including phenoxy) is 1. The highest BCUT2D eigenvalue weighted by molar-refractivity contribution is 7.09. The van der Waals surface area contributed by atoms with Crippen LogP contribution >= 0.6 is 11.3 Å². The van der Waals surface area contributed by atoms with Crippen molar-refractivity contribution in [2.45, 2.75) is 25.3 Å². The lowest BCUT2D eigenvalue weighted by atomic mass is 10.1. The number of nitrogens with two attached hydrogens (primary N) is 1. The highest BCUT2D eigenvalue weighted by Crippen LogP contribution is 2.22. The number of aromatic nitrogens is 1. The molecule has 21 heavy (non-hydrogen) atoms. The van der Waals surface area contributed by atoms with Crippen LogP contribution in [0.2, 0.25) is 0 Å². The molecule has 0 saturated heterocycles. The molecule has 1 aromatic heterocycles. The van der Waals surface area contributed by atoms with Crippen molar-refractivity contribution in [3.05, 3.63) is 40.7 Å². The largest absolute Gasteiger partial charge is 0.375 e. The van der Waals surface area contributed by atoms with E-state index in [0.717, 1.165) is 16.3 Å². The lowest BCUT2D eigenvalue weighted by molar-refractivity contribution is 0.0153. The van der Waals surface area contributed by atoms with E-state index in [2.05, 4.69) is 4.98 Å². The van der Waals surface area contributed by atoms with Gasteiger partial charge in [0.05, 0.1) is 10.7 Å². The number of nitrogens with zero attached hydrogens (tertiary/aromatic N) is 1. The molecule has 3 nitrogen and oxygen atoms in total. The monoisotopic (exact) mass is 312 g/mol. The topological polar surface area (TPSA) is 48.1 Å². The summed E-state index contributed by atoms with van der Waals surface area (Å²) < 4.78 is 28.6. The smallest absolute Gasteiger partial charge is 0.261 e. The predicted octanol–water partition coefficient (Wildman–Crippen LogP) is 3.35. The first-order valence-corrected chi connectivity index (χ1v) is 7.64. The molecule has 0 radical (unpaired) electrons. The average Bonchev–Trinajstić information content (AvgIpc) is 2.93. The van der Waals surface area contributed by atoms with Crippen LogP contribution in [0.5, 0.6) is 0 Å². The molecule has 114 valence electrons. The lowest BCUT2D eigenvalue weighted by Crippen LogP contribution is -2.25. The quantitative estimate of drug-likeness (QED) is 0.760. The van der Waals surface area contributed by atoms with Crippen molar-refractivity contribution < 1.29 is 13.5 Å². The zero-order chi connectivity index (χ0) is 15.1. The summed E-state index contributed by atoms with van der Waals surface area (Å²) in [7, 11) is 0. The minimum absolute atomic E-state index is 0.127. The molecule has 2 rings (SSSR count). The Kier molecular flexibility index (Phi) is 6.22. The van der Waals surface area contributed by atoms with Crippen molar-refractivity contribution in [1.82, 2.24) is 4.98 Å². The summed E-state index contributed by atoms with van der Waals surface area (Å²) in [5.41, 5.74) is 7.99. The van der Waals surface area contributed by atoms with E-state index in [1.165, 1.54) is 0 Å². The molecule has 1 aromatic carbocycles. The van der Waals surface area contributed by atoms with Crippen molar-refractivity contribution in [3.63, 3.8) is 0 Å². The summed E-state index contributed by atoms with van der Waals surface area (Å²) in [6.07, 6.45) is -1.24. The van der Waals surface area contributed by atoms with E-state index in [4.69, 9.17) is 10.5 Å². The fraction of sp³-hybridized carbons (Fsp3) is 0.400. The third kappa shape index (κ3) is 5.49. The molecular formula is C15H18F2N2OS. The first kappa shape index (κ1) is 16.0. The molecule has 0 bridgehead atoms. The molecule has 0 amide bonds. The Morgan fingerprint density at radius 2 is 2.00 bits per heavy atom. The summed E-state index contributed by atoms with van der Waals surface area (Å²) in [6.45, 7) is -0.273. The van der Waals surface area contributed by atoms with Gasteiger partial charge in [-0.25, -0.2) is 13.8 Å². The molecule has 0 aliphatic carbocycles. The van der Waals surface area contributed by atoms with E-state index in [0.29, 0.717) is 12.8 Å². The third-order valence-electron chi connectivity index (χ3n) is 2.93. The number of hydrogen-bond acceptors (Lipinski definition) is 4. The van der Waals surface area contributed by atoms with Gasteiger partial charge in [0.15, 0.2) is 0 Å². The molecule has 6 heteroatoms. The maximum atomic E-state index is 11.9. The molecule has 1 heterocycles. The van der Waals surface area contributed by atoms with Crippen LogP contribution in [0.3, 0.4) is 0 Å². The van der Waals surface area contributed by atoms with Gasteiger partial charge >= 0.3 is 0 Å². The Morgan fingerprint density at radius 3 is 2.71 bits per heavy atom. The second-order valence-corrected chi connectivity index (χ2v) is 5.65. The minimum Gasteiger partial charge on any atom is -0.375 e. The third-order valence-corrected chi connectivity index (χ3v) is 3.81. The van der Waals surface area contributed by atoms with Crippen molar-refractivity contribution in [2.75, 3.05) is 13.2 Å². The van der Waals surface area contributed by atoms with Crippen molar-refractivity contribution >= 4 is 11.3 Å². The van der Waals surface area contributed by atoms with Crippen LogP contribution in [0.4, 0.5) is 8.78 Å². The zero-order valence-corrected chi connectivity index (χ0v) is 12.4. The van der Waals surface area contributed by atoms with Gasteiger partial charge in [0, 0.05) is 30.0 Å². The van der Waals surface area contributed by atoms with Gasteiger partial charge in [-0.3, -0.25) is 0 Å². The summed E-state index contributed by atoms with van der Waals surface area (Å²) in [5, 5.41) is 2.96. The van der Waals surface area contributed by atoms with E-state index in [1.54, 1.807) is 11.3 Å². The summed E-state index contributed by atoms with van der Waals surface area (Å²) in [6, 6.07) is 9.80. The molecular weight excluding hydrogens is 294 g/mol. The predicted molar refractivity (Wildman–Crippen MR) is 80.7 cm³/mol. The second-order valence-electron chi connectivity index (χ2n) is 4.71. The van der Waals surface area contributed by atoms with Gasteiger partial charge < -0.3 is 10.5 Å². The average molecular weight is 312 g/mol. The Morgan fingerprint density at radius 1 is 1.24 bits per heavy atom. The highest BCUT2D eigenvalue weighted by atomic mass is 32.1. The van der Waals surface area contributed by atoms with Crippen molar-refractivity contribution in [1.29, 1.82) is 0 Å². The van der Waals surface area contributed by atoms with Gasteiger partial charge in [-0.2, -0.15) is 0 Å². The van der Waals surface area contributed by atoms with Gasteiger partial charge in [0.2, 0.25) is 0 Å². The van der Waals surface area contributed by atoms with Crippen molar-refractivity contribution in [3.8, 4) is 11.3 Å². The van der Waals surface area contributed by atoms with Gasteiger partial charge in [0.25, 0.3) is 6.43 Å². The Labute approximate surface area is 126 Å². The van der Waals surface area contributed by atoms with E-state index in [1.807, 2.05) is 35.7 Å². The molecule has 0 saturated carbocycles. The highest BCUT2D eigenvalue weighted by Gasteiger charge is 2.10. The van der Waals surface area contributed by atoms with Gasteiger partial charge in [0.1, 0.15) is 6.61 Å². The van der Waals surface area contributed by atoms with Crippen LogP contribution in [-0.4, -0.2) is 30.7 Å². The van der Waals surface area contributed by atoms with Crippen LogP contribution in [0.25, 0.3) is 11.3 Å². The Bertz CT molecular complexity index is 533. The SMILES string of the molecule is NC(CCOCC(F)F)Cc1nc(-c2ccccc2)cs1. The zero-order valence-electron chi connectivity index (χ0n) is 11.5. The van der Waals surface area contributed by atoms with E-state index < -0.39 is 13.0 Å². The number of thiazole rings is 1. The molecule has 0 fully saturated rings. The van der Waals surface area contributed by atoms with Crippen LogP contribution in [0.1, 0.15) is 11.4 Å². The molecule has 0 aliphatic heterocycles. The van der Waals surface area contributed by atoms with Crippen LogP contribution < -0.4 is 5.73 Å². The number of hydrogen-bond donors (Lipinski definition) is 1. The molecule has 1 unspecified atom stereocenters. The summed E-state index contributed by atoms with van der Waals surface area (Å²) >= 11 is 1.56. The van der Waals surface area contributed by atoms with E-state index in [9.17, 15) is 8.78 Å². The number of alkyl halides is 2. The second kappa shape index (κ2) is 8.17. The fourth-order valence-corrected chi connectivity index (χ4v) is 2.78. The normalized spacial score (nSPS) is 12.8. The number of rotatable bonds is 8. The maximum Gasteiger partial charge on any atom is 0.261 e. The standard InChI is InChI=1S/C15H18F2N2OS/c16-14(17)9-20-7-6-12(18)8-15-19-13(10-21-15)11-4-2-1-3-5-11/h1-5,10,12,14H,6-9,18H2. The van der Waals surface area contributed by atoms with Crippen LogP contribution in [0.15, 0.2) is 35.7 Å². The first-order valence-electron chi connectivity index (χ1n) is 6.76. The molecule has 2 N–H and O–H groups in total. The minimum atomic E-state index is -2.42. The maximum absolute atomic E-state index is 11.9. The Hall–Kier alpha value is -1.37. The number of halogens is 2. The van der Waals surface area contributed by atoms with Crippen molar-refractivity contribution in [2.24, 2.45) is 5.73 Å². The number of benzene rings is 1. The van der Waals surface area contributed by atoms with Gasteiger partial charge in [-0.15, -0.1) is 11.3 Å². The molecule has 0 spiro atoms. The molecule has 0 aliphatic rings. The van der Waals surface area contributed by atoms with Gasteiger partial charge in [-0.1, -0.05) is 30.3 Å². The van der Waals surface area contributed by atoms with Crippen LogP contribution in [0, 0.1) is 0 Å². The molecule has 2 aromatic rings. The fourth-order valence-electron chi connectivity index (χ4n) is 1.88. The van der Waals surface area contributed by atoms with Gasteiger partial charge in [-0.05, 0) is 6.42 Å². The van der Waals surface area contributed by atoms with E-state index >= 15 is 0 Å². The Balaban J connectivity index is 1.79. The summed E-state index contributed by atoms with van der Waals surface area (Å²) in [4.78, 5) is 4.55. The molecule has 1 atom stereocenters. The van der Waals surface area contributed by atoms with E-state index in [-0.39, 0.29) is 12.6 Å². The first-order chi connectivity index (χ1) is 10.1. The van der Waals surface area contributed by atoms with Crippen LogP contribution in [-0.2, 0) is 11.2 Å². The lowest BCUT2D eigenvalue weighted by Gasteiger charge is -2.09.